The first-order valence-corrected chi connectivity index (χ1v) is 27.2. The summed E-state index contributed by atoms with van der Waals surface area (Å²) in [4.78, 5) is 28.5. The van der Waals surface area contributed by atoms with E-state index < -0.39 is 48.9 Å². The van der Waals surface area contributed by atoms with E-state index in [1.807, 2.05) is 59.7 Å². The Morgan fingerprint density at radius 3 is 1.42 bits per heavy atom. The van der Waals surface area contributed by atoms with E-state index in [4.69, 9.17) is 24.7 Å². The van der Waals surface area contributed by atoms with Crippen LogP contribution < -0.4 is 31.6 Å². The van der Waals surface area contributed by atoms with Crippen LogP contribution in [-0.4, -0.2) is 50.3 Å². The third kappa shape index (κ3) is 10.6. The van der Waals surface area contributed by atoms with Gasteiger partial charge in [0.2, 0.25) is 0 Å². The number of ether oxygens (including phenoxy) is 1. The fourth-order valence-electron chi connectivity index (χ4n) is 8.25. The van der Waals surface area contributed by atoms with Crippen molar-refractivity contribution in [1.29, 1.82) is 0 Å². The standard InChI is InChI=1S/C50H64BrN2O4PSi/c1-38(57-59(50(8,9)10,42-32-22-14-23-33-42)43-34-24-15-25-35-43)44(52-46(54)45(48(2,3)4)53-47(55)56-49(5,6)7)37-58(51,40-28-18-12-19-29-40,41-30-20-13-21-31-41)36-39-26-16-11-17-27-39/h11-35,38,44-45H,36-37H2,1-10H3,(H,52,54)(H,53,55)/t38?,44-,45?/m1/s1. The summed E-state index contributed by atoms with van der Waals surface area (Å²) in [6.07, 6.45) is 0.0637. The van der Waals surface area contributed by atoms with E-state index in [1.165, 1.54) is 16.2 Å². The predicted molar refractivity (Wildman–Crippen MR) is 256 cm³/mol. The van der Waals surface area contributed by atoms with E-state index in [9.17, 15) is 4.79 Å². The molecule has 2 N–H and O–H groups in total. The van der Waals surface area contributed by atoms with Crippen molar-refractivity contribution < 1.29 is 18.8 Å². The Kier molecular flexibility index (Phi) is 14.2. The molecular weight excluding hydrogens is 832 g/mol. The average molecular weight is 896 g/mol. The molecule has 0 aliphatic heterocycles. The predicted octanol–water partition coefficient (Wildman–Crippen LogP) is 10.1. The van der Waals surface area contributed by atoms with E-state index in [2.05, 4.69) is 172 Å². The van der Waals surface area contributed by atoms with Gasteiger partial charge in [0, 0.05) is 0 Å². The second-order valence-corrected chi connectivity index (χ2v) is 32.8. The molecule has 0 aromatic heterocycles. The van der Waals surface area contributed by atoms with E-state index in [0.29, 0.717) is 12.3 Å². The Morgan fingerprint density at radius 1 is 0.627 bits per heavy atom. The van der Waals surface area contributed by atoms with Crippen molar-refractivity contribution in [2.45, 2.75) is 104 Å². The monoisotopic (exact) mass is 894 g/mol. The van der Waals surface area contributed by atoms with Gasteiger partial charge in [-0.2, -0.15) is 0 Å². The molecule has 0 heterocycles. The van der Waals surface area contributed by atoms with Gasteiger partial charge in [0.15, 0.2) is 0 Å². The molecule has 0 aliphatic rings. The molecule has 0 bridgehead atoms. The molecule has 9 heteroatoms. The summed E-state index contributed by atoms with van der Waals surface area (Å²) in [5, 5.41) is 7.33. The van der Waals surface area contributed by atoms with Crippen molar-refractivity contribution in [2.75, 3.05) is 6.16 Å². The van der Waals surface area contributed by atoms with Crippen LogP contribution in [0, 0.1) is 5.41 Å². The first-order chi connectivity index (χ1) is 27.7. The second kappa shape index (κ2) is 18.3. The number of halogens is 1. The van der Waals surface area contributed by atoms with Gasteiger partial charge >= 0.3 is 365 Å². The van der Waals surface area contributed by atoms with Gasteiger partial charge < -0.3 is 0 Å². The molecule has 0 fully saturated rings. The van der Waals surface area contributed by atoms with Crippen LogP contribution >= 0.6 is 20.8 Å². The minimum atomic E-state index is -3.52. The number of carbonyl (C=O) groups excluding carboxylic acids is 2. The van der Waals surface area contributed by atoms with Crippen LogP contribution in [0.25, 0.3) is 0 Å². The van der Waals surface area contributed by atoms with Crippen molar-refractivity contribution in [1.82, 2.24) is 10.6 Å². The van der Waals surface area contributed by atoms with Gasteiger partial charge in [-0.3, -0.25) is 0 Å². The number of nitrogens with one attached hydrogen (secondary N) is 2. The molecule has 0 saturated carbocycles. The average Bonchev–Trinajstić information content (AvgIpc) is 3.19. The number of rotatable bonds is 14. The van der Waals surface area contributed by atoms with E-state index in [-0.39, 0.29) is 10.9 Å². The van der Waals surface area contributed by atoms with Crippen molar-refractivity contribution in [2.24, 2.45) is 5.41 Å². The molecule has 0 saturated heterocycles. The van der Waals surface area contributed by atoms with E-state index >= 15 is 4.79 Å². The molecule has 59 heavy (non-hydrogen) atoms. The Balaban J connectivity index is 1.76. The van der Waals surface area contributed by atoms with Gasteiger partial charge in [0.1, 0.15) is 0 Å². The maximum atomic E-state index is 15.1. The number of hydrogen-bond donors (Lipinski definition) is 2. The van der Waals surface area contributed by atoms with E-state index in [0.717, 1.165) is 10.4 Å². The number of benzene rings is 5. The minimum absolute atomic E-state index is 0.301. The summed E-state index contributed by atoms with van der Waals surface area (Å²) in [5.41, 5.74) is -0.213. The summed E-state index contributed by atoms with van der Waals surface area (Å²) in [5.74, 6) is -0.301. The van der Waals surface area contributed by atoms with Crippen molar-refractivity contribution in [3.05, 3.63) is 157 Å². The third-order valence-corrected chi connectivity index (χ3v) is 25.4. The zero-order valence-electron chi connectivity index (χ0n) is 36.5. The molecule has 2 unspecified atom stereocenters. The third-order valence-electron chi connectivity index (χ3n) is 11.1. The Hall–Kier alpha value is -4.07. The van der Waals surface area contributed by atoms with Gasteiger partial charge in [-0.1, -0.05) is 0 Å². The van der Waals surface area contributed by atoms with Gasteiger partial charge in [-0.15, -0.1) is 0 Å². The van der Waals surface area contributed by atoms with Crippen LogP contribution in [0.1, 0.15) is 74.8 Å². The van der Waals surface area contributed by atoms with Gasteiger partial charge in [-0.05, 0) is 0 Å². The van der Waals surface area contributed by atoms with Gasteiger partial charge in [0.25, 0.3) is 0 Å². The topological polar surface area (TPSA) is 76.7 Å². The molecule has 314 valence electrons. The van der Waals surface area contributed by atoms with Gasteiger partial charge in [0.05, 0.1) is 0 Å². The first-order valence-electron chi connectivity index (χ1n) is 20.6. The van der Waals surface area contributed by atoms with Crippen LogP contribution in [0.4, 0.5) is 4.79 Å². The molecular formula is C50H64BrN2O4PSi. The van der Waals surface area contributed by atoms with Crippen molar-refractivity contribution >= 4 is 62.1 Å². The van der Waals surface area contributed by atoms with Crippen LogP contribution in [-0.2, 0) is 20.1 Å². The number of carbonyl (C=O) groups is 2. The van der Waals surface area contributed by atoms with E-state index in [1.54, 1.807) is 0 Å². The zero-order chi connectivity index (χ0) is 43.1. The molecule has 3 atom stereocenters. The molecule has 0 radical (unpaired) electrons. The van der Waals surface area contributed by atoms with Crippen LogP contribution in [0.2, 0.25) is 5.04 Å². The number of amides is 2. The van der Waals surface area contributed by atoms with Crippen LogP contribution in [0.5, 0.6) is 0 Å². The zero-order valence-corrected chi connectivity index (χ0v) is 40.0. The summed E-state index contributed by atoms with van der Waals surface area (Å²) in [6.45, 7) is 20.3. The molecule has 2 amide bonds. The molecule has 6 nitrogen and oxygen atoms in total. The summed E-state index contributed by atoms with van der Waals surface area (Å²) in [6, 6.07) is 51.7. The second-order valence-electron chi connectivity index (χ2n) is 18.9. The summed E-state index contributed by atoms with van der Waals surface area (Å²) < 4.78 is 13.6. The Morgan fingerprint density at radius 2 is 1.03 bits per heavy atom. The fraction of sp³-hybridized carbons (Fsp3) is 0.360. The quantitative estimate of drug-likeness (QED) is 0.0860. The SMILES string of the molecule is CC(O[Si](c1ccccc1)(c1ccccc1)C(C)(C)C)[C@@H](CP(Br)(Cc1ccccc1)(c1ccccc1)c1ccccc1)NC(=O)C(NC(=O)OC(C)(C)C)C(C)(C)C. The molecule has 5 rings (SSSR count). The van der Waals surface area contributed by atoms with Gasteiger partial charge in [-0.25, -0.2) is 0 Å². The van der Waals surface area contributed by atoms with Crippen LogP contribution in [0.3, 0.4) is 0 Å². The molecule has 5 aromatic carbocycles. The van der Waals surface area contributed by atoms with Crippen LogP contribution in [0.15, 0.2) is 152 Å². The first kappa shape index (κ1) is 46.0. The fourth-order valence-corrected chi connectivity index (χ4v) is 21.3. The Bertz CT molecular complexity index is 2040. The van der Waals surface area contributed by atoms with Crippen molar-refractivity contribution in [3.8, 4) is 0 Å². The molecule has 0 aliphatic carbocycles. The normalized spacial score (nSPS) is 14.9. The Labute approximate surface area is 362 Å². The molecule has 5 aromatic rings. The number of hydrogen-bond acceptors (Lipinski definition) is 4. The maximum absolute atomic E-state index is 15.1. The number of alkyl carbamates (subject to hydrolysis) is 1. The molecule has 0 spiro atoms. The summed E-state index contributed by atoms with van der Waals surface area (Å²) >= 11 is 4.71. The van der Waals surface area contributed by atoms with Crippen molar-refractivity contribution in [3.63, 3.8) is 0 Å². The summed E-state index contributed by atoms with van der Waals surface area (Å²) in [7, 11) is -3.12.